The van der Waals surface area contributed by atoms with Crippen LogP contribution in [0.4, 0.5) is 0 Å². The van der Waals surface area contributed by atoms with E-state index in [2.05, 4.69) is 5.32 Å². The third kappa shape index (κ3) is 5.14. The molecular formula is C28H28N2O5. The van der Waals surface area contributed by atoms with Gasteiger partial charge in [0.1, 0.15) is 5.75 Å². The number of ether oxygens (including phenoxy) is 4. The number of nitrogens with one attached hydrogen (secondary N) is 1. The molecule has 0 radical (unpaired) electrons. The van der Waals surface area contributed by atoms with Gasteiger partial charge < -0.3 is 24.3 Å². The second kappa shape index (κ2) is 10.8. The molecule has 0 aliphatic carbocycles. The van der Waals surface area contributed by atoms with Crippen molar-refractivity contribution in [2.75, 3.05) is 35.0 Å². The number of carbonyl (C=O) groups is 1. The van der Waals surface area contributed by atoms with Crippen molar-refractivity contribution in [2.45, 2.75) is 6.42 Å². The predicted molar refractivity (Wildman–Crippen MR) is 136 cm³/mol. The van der Waals surface area contributed by atoms with E-state index in [-0.39, 0.29) is 5.91 Å². The lowest BCUT2D eigenvalue weighted by molar-refractivity contribution is 0.0955. The van der Waals surface area contributed by atoms with Crippen molar-refractivity contribution in [2.24, 2.45) is 0 Å². The lowest BCUT2D eigenvalue weighted by Crippen LogP contribution is -2.26. The van der Waals surface area contributed by atoms with Gasteiger partial charge in [0.15, 0.2) is 11.5 Å². The summed E-state index contributed by atoms with van der Waals surface area (Å²) in [6.07, 6.45) is 0.707. The van der Waals surface area contributed by atoms with Crippen LogP contribution in [0.5, 0.6) is 23.0 Å². The molecule has 180 valence electrons. The van der Waals surface area contributed by atoms with Crippen LogP contribution < -0.4 is 24.3 Å². The summed E-state index contributed by atoms with van der Waals surface area (Å²) in [4.78, 5) is 18.0. The fourth-order valence-electron chi connectivity index (χ4n) is 3.95. The highest BCUT2D eigenvalue weighted by molar-refractivity contribution is 6.07. The maximum atomic E-state index is 13.3. The lowest BCUT2D eigenvalue weighted by atomic mass is 10.0. The van der Waals surface area contributed by atoms with E-state index in [9.17, 15) is 4.79 Å². The van der Waals surface area contributed by atoms with E-state index < -0.39 is 0 Å². The fourth-order valence-corrected chi connectivity index (χ4v) is 3.95. The monoisotopic (exact) mass is 472 g/mol. The first-order valence-corrected chi connectivity index (χ1v) is 11.2. The molecule has 7 nitrogen and oxygen atoms in total. The Labute approximate surface area is 204 Å². The first-order valence-electron chi connectivity index (χ1n) is 11.2. The number of para-hydroxylation sites is 1. The van der Waals surface area contributed by atoms with Gasteiger partial charge >= 0.3 is 0 Å². The highest BCUT2D eigenvalue weighted by atomic mass is 16.5. The largest absolute Gasteiger partial charge is 0.497 e. The van der Waals surface area contributed by atoms with Gasteiger partial charge in [0.05, 0.1) is 45.2 Å². The van der Waals surface area contributed by atoms with Gasteiger partial charge in [-0.05, 0) is 48.4 Å². The Morgan fingerprint density at radius 3 is 2.14 bits per heavy atom. The van der Waals surface area contributed by atoms with Crippen LogP contribution in [0.3, 0.4) is 0 Å². The molecule has 0 bridgehead atoms. The minimum Gasteiger partial charge on any atom is -0.497 e. The van der Waals surface area contributed by atoms with Gasteiger partial charge in [-0.15, -0.1) is 0 Å². The molecule has 0 atom stereocenters. The van der Waals surface area contributed by atoms with E-state index in [4.69, 9.17) is 23.9 Å². The first-order chi connectivity index (χ1) is 17.1. The lowest BCUT2D eigenvalue weighted by Gasteiger charge is -2.15. The van der Waals surface area contributed by atoms with Gasteiger partial charge in [-0.3, -0.25) is 4.79 Å². The summed E-state index contributed by atoms with van der Waals surface area (Å²) in [7, 11) is 6.33. The molecule has 0 spiro atoms. The maximum absolute atomic E-state index is 13.3. The number of nitrogens with zero attached hydrogens (tertiary/aromatic N) is 1. The average Bonchev–Trinajstić information content (AvgIpc) is 2.91. The maximum Gasteiger partial charge on any atom is 0.252 e. The smallest absolute Gasteiger partial charge is 0.252 e. The third-order valence-electron chi connectivity index (χ3n) is 5.78. The Morgan fingerprint density at radius 2 is 1.51 bits per heavy atom. The van der Waals surface area contributed by atoms with Crippen LogP contribution in [0.2, 0.25) is 0 Å². The molecule has 7 heteroatoms. The highest BCUT2D eigenvalue weighted by Gasteiger charge is 2.18. The summed E-state index contributed by atoms with van der Waals surface area (Å²) in [6, 6.07) is 20.9. The van der Waals surface area contributed by atoms with Crippen LogP contribution in [0.25, 0.3) is 22.2 Å². The van der Waals surface area contributed by atoms with E-state index >= 15 is 0 Å². The standard InChI is InChI=1S/C28H28N2O5/c1-32-20-11-9-18(10-12-20)13-14-29-28(31)22-17-24(30-23-8-6-5-7-21(22)23)19-15-25(33-2)27(35-4)26(16-19)34-3/h5-12,15-17H,13-14H2,1-4H3,(H,29,31). The molecule has 4 aromatic rings. The van der Waals surface area contributed by atoms with E-state index in [1.54, 1.807) is 34.5 Å². The van der Waals surface area contributed by atoms with Crippen LogP contribution in [0, 0.1) is 0 Å². The molecule has 1 aromatic heterocycles. The minimum atomic E-state index is -0.161. The van der Waals surface area contributed by atoms with E-state index in [1.807, 2.05) is 60.7 Å². The number of hydrogen-bond acceptors (Lipinski definition) is 6. The van der Waals surface area contributed by atoms with E-state index in [0.717, 1.165) is 27.8 Å². The number of carbonyl (C=O) groups excluding carboxylic acids is 1. The van der Waals surface area contributed by atoms with Gasteiger partial charge in [0.2, 0.25) is 5.75 Å². The van der Waals surface area contributed by atoms with Crippen molar-refractivity contribution in [1.82, 2.24) is 10.3 Å². The Morgan fingerprint density at radius 1 is 0.829 bits per heavy atom. The molecule has 0 aliphatic heterocycles. The fraction of sp³-hybridized carbons (Fsp3) is 0.214. The molecule has 1 amide bonds. The topological polar surface area (TPSA) is 78.9 Å². The van der Waals surface area contributed by atoms with Gasteiger partial charge in [-0.2, -0.15) is 0 Å². The van der Waals surface area contributed by atoms with E-state index in [0.29, 0.717) is 41.5 Å². The quantitative estimate of drug-likeness (QED) is 0.373. The van der Waals surface area contributed by atoms with Crippen molar-refractivity contribution in [3.8, 4) is 34.3 Å². The Bertz CT molecular complexity index is 1310. The number of amides is 1. The van der Waals surface area contributed by atoms with Crippen molar-refractivity contribution in [1.29, 1.82) is 0 Å². The molecule has 0 saturated carbocycles. The molecule has 1 N–H and O–H groups in total. The summed E-state index contributed by atoms with van der Waals surface area (Å²) in [6.45, 7) is 0.501. The summed E-state index contributed by atoms with van der Waals surface area (Å²) in [5.41, 5.74) is 3.76. The molecule has 4 rings (SSSR count). The van der Waals surface area contributed by atoms with E-state index in [1.165, 1.54) is 0 Å². The molecule has 0 unspecified atom stereocenters. The number of methoxy groups -OCH3 is 4. The Kier molecular flexibility index (Phi) is 7.35. The SMILES string of the molecule is COc1ccc(CCNC(=O)c2cc(-c3cc(OC)c(OC)c(OC)c3)nc3ccccc23)cc1. The minimum absolute atomic E-state index is 0.161. The number of benzene rings is 3. The van der Waals surface area contributed by atoms with Crippen LogP contribution >= 0.6 is 0 Å². The number of aromatic nitrogens is 1. The average molecular weight is 473 g/mol. The van der Waals surface area contributed by atoms with Crippen molar-refractivity contribution in [3.05, 3.63) is 77.9 Å². The zero-order valence-corrected chi connectivity index (χ0v) is 20.3. The number of fused-ring (bicyclic) bond motifs is 1. The van der Waals surface area contributed by atoms with Crippen LogP contribution in [0.15, 0.2) is 66.7 Å². The zero-order chi connectivity index (χ0) is 24.8. The van der Waals surface area contributed by atoms with Gasteiger partial charge in [-0.1, -0.05) is 30.3 Å². The van der Waals surface area contributed by atoms with Crippen LogP contribution in [-0.4, -0.2) is 45.9 Å². The summed E-state index contributed by atoms with van der Waals surface area (Å²) in [5, 5.41) is 3.83. The number of rotatable bonds is 9. The highest BCUT2D eigenvalue weighted by Crippen LogP contribution is 2.41. The first kappa shape index (κ1) is 23.9. The van der Waals surface area contributed by atoms with Gasteiger partial charge in [0, 0.05) is 17.5 Å². The van der Waals surface area contributed by atoms with Crippen LogP contribution in [0.1, 0.15) is 15.9 Å². The molecule has 0 aliphatic rings. The number of pyridine rings is 1. The van der Waals surface area contributed by atoms with Crippen molar-refractivity contribution < 1.29 is 23.7 Å². The third-order valence-corrected chi connectivity index (χ3v) is 5.78. The van der Waals surface area contributed by atoms with Crippen molar-refractivity contribution >= 4 is 16.8 Å². The Hall–Kier alpha value is -4.26. The summed E-state index contributed by atoms with van der Waals surface area (Å²) in [5.74, 6) is 2.17. The molecule has 35 heavy (non-hydrogen) atoms. The summed E-state index contributed by atoms with van der Waals surface area (Å²) < 4.78 is 21.6. The Balaban J connectivity index is 1.65. The second-order valence-electron chi connectivity index (χ2n) is 7.84. The molecule has 3 aromatic carbocycles. The van der Waals surface area contributed by atoms with Gasteiger partial charge in [0.25, 0.3) is 5.91 Å². The van der Waals surface area contributed by atoms with Crippen LogP contribution in [-0.2, 0) is 6.42 Å². The molecular weight excluding hydrogens is 444 g/mol. The van der Waals surface area contributed by atoms with Gasteiger partial charge in [-0.25, -0.2) is 4.98 Å². The summed E-state index contributed by atoms with van der Waals surface area (Å²) >= 11 is 0. The molecule has 0 saturated heterocycles. The second-order valence-corrected chi connectivity index (χ2v) is 7.84. The molecule has 0 fully saturated rings. The zero-order valence-electron chi connectivity index (χ0n) is 20.3. The molecule has 1 heterocycles. The number of hydrogen-bond donors (Lipinski definition) is 1. The van der Waals surface area contributed by atoms with Crippen molar-refractivity contribution in [3.63, 3.8) is 0 Å². The predicted octanol–water partition coefficient (Wildman–Crippen LogP) is 4.91. The normalized spacial score (nSPS) is 10.6.